The maximum Gasteiger partial charge on any atom is 0.241 e. The number of H-pyrrole nitrogens is 1. The van der Waals surface area contributed by atoms with Crippen molar-refractivity contribution in [2.45, 2.75) is 32.2 Å². The van der Waals surface area contributed by atoms with E-state index in [4.69, 9.17) is 5.73 Å². The van der Waals surface area contributed by atoms with Crippen LogP contribution in [0.4, 0.5) is 5.69 Å². The number of hydrogen-bond acceptors (Lipinski definition) is 4. The molecule has 0 unspecified atom stereocenters. The lowest BCUT2D eigenvalue weighted by atomic mass is 10.1. The highest BCUT2D eigenvalue weighted by molar-refractivity contribution is 7.89. The normalized spacial score (nSPS) is 11.8. The van der Waals surface area contributed by atoms with Crippen molar-refractivity contribution in [3.05, 3.63) is 41.0 Å². The van der Waals surface area contributed by atoms with Crippen LogP contribution in [0, 0.1) is 20.8 Å². The third kappa shape index (κ3) is 2.68. The van der Waals surface area contributed by atoms with E-state index in [1.54, 1.807) is 32.3 Å². The molecule has 0 radical (unpaired) electrons. The van der Waals surface area contributed by atoms with E-state index in [1.165, 1.54) is 0 Å². The molecule has 108 valence electrons. The lowest BCUT2D eigenvalue weighted by Crippen LogP contribution is -2.25. The van der Waals surface area contributed by atoms with E-state index in [-0.39, 0.29) is 11.4 Å². The van der Waals surface area contributed by atoms with Gasteiger partial charge in [0.1, 0.15) is 5.82 Å². The van der Waals surface area contributed by atoms with Crippen LogP contribution in [0.25, 0.3) is 0 Å². The van der Waals surface area contributed by atoms with Gasteiger partial charge < -0.3 is 10.7 Å². The number of aromatic nitrogens is 2. The van der Waals surface area contributed by atoms with E-state index in [9.17, 15) is 8.42 Å². The molecule has 2 aromatic rings. The zero-order chi connectivity index (χ0) is 14.9. The van der Waals surface area contributed by atoms with E-state index in [0.29, 0.717) is 22.6 Å². The number of nitrogen functional groups attached to an aromatic ring is 1. The smallest absolute Gasteiger partial charge is 0.241 e. The molecule has 0 fully saturated rings. The summed E-state index contributed by atoms with van der Waals surface area (Å²) < 4.78 is 27.4. The maximum absolute atomic E-state index is 12.4. The van der Waals surface area contributed by atoms with Gasteiger partial charge in [-0.15, -0.1) is 0 Å². The molecule has 7 heteroatoms. The van der Waals surface area contributed by atoms with Gasteiger partial charge in [0.05, 0.1) is 11.4 Å². The number of aryl methyl sites for hydroxylation is 2. The van der Waals surface area contributed by atoms with Gasteiger partial charge in [0, 0.05) is 18.1 Å². The Kier molecular flexibility index (Phi) is 3.82. The molecule has 0 aliphatic heterocycles. The van der Waals surface area contributed by atoms with Gasteiger partial charge >= 0.3 is 0 Å². The van der Waals surface area contributed by atoms with Crippen LogP contribution in [0.5, 0.6) is 0 Å². The van der Waals surface area contributed by atoms with Crippen LogP contribution >= 0.6 is 0 Å². The van der Waals surface area contributed by atoms with E-state index >= 15 is 0 Å². The number of anilines is 1. The molecule has 1 aromatic heterocycles. The summed E-state index contributed by atoms with van der Waals surface area (Å²) >= 11 is 0. The lowest BCUT2D eigenvalue weighted by Gasteiger charge is -2.15. The van der Waals surface area contributed by atoms with Crippen molar-refractivity contribution in [2.75, 3.05) is 5.73 Å². The van der Waals surface area contributed by atoms with Gasteiger partial charge in [-0.25, -0.2) is 18.1 Å². The van der Waals surface area contributed by atoms with Crippen molar-refractivity contribution >= 4 is 15.7 Å². The molecule has 6 nitrogen and oxygen atoms in total. The number of sulfonamides is 1. The average Bonchev–Trinajstić information content (AvgIpc) is 2.86. The summed E-state index contributed by atoms with van der Waals surface area (Å²) in [5.74, 6) is 0.559. The molecule has 1 heterocycles. The summed E-state index contributed by atoms with van der Waals surface area (Å²) in [5, 5.41) is 0. The van der Waals surface area contributed by atoms with Crippen LogP contribution in [0.1, 0.15) is 22.5 Å². The second-order valence-electron chi connectivity index (χ2n) is 4.74. The van der Waals surface area contributed by atoms with E-state index < -0.39 is 10.0 Å². The first kappa shape index (κ1) is 14.5. The summed E-state index contributed by atoms with van der Waals surface area (Å²) in [6, 6.07) is 1.78. The summed E-state index contributed by atoms with van der Waals surface area (Å²) in [4.78, 5) is 7.07. The van der Waals surface area contributed by atoms with Gasteiger partial charge in [0.25, 0.3) is 0 Å². The van der Waals surface area contributed by atoms with Crippen LogP contribution in [0.15, 0.2) is 23.4 Å². The minimum Gasteiger partial charge on any atom is -0.398 e. The standard InChI is InChI=1S/C13H18N4O2S/c1-8-6-9(2)13(10(3)12(8)14)20(18,19)17-7-11-15-4-5-16-11/h4-6,17H,7,14H2,1-3H3,(H,15,16). The Labute approximate surface area is 118 Å². The largest absolute Gasteiger partial charge is 0.398 e. The second-order valence-corrected chi connectivity index (χ2v) is 6.44. The van der Waals surface area contributed by atoms with Crippen LogP contribution in [-0.2, 0) is 16.6 Å². The Bertz CT molecular complexity index is 721. The molecule has 0 bridgehead atoms. The Balaban J connectivity index is 2.37. The van der Waals surface area contributed by atoms with Crippen molar-refractivity contribution in [3.8, 4) is 0 Å². The van der Waals surface area contributed by atoms with Crippen LogP contribution in [0.2, 0.25) is 0 Å². The zero-order valence-electron chi connectivity index (χ0n) is 11.7. The highest BCUT2D eigenvalue weighted by Crippen LogP contribution is 2.27. The van der Waals surface area contributed by atoms with Crippen LogP contribution in [0.3, 0.4) is 0 Å². The number of nitrogens with one attached hydrogen (secondary N) is 2. The quantitative estimate of drug-likeness (QED) is 0.742. The van der Waals surface area contributed by atoms with Gasteiger partial charge in [-0.2, -0.15) is 0 Å². The predicted octanol–water partition coefficient (Wildman–Crippen LogP) is 1.40. The van der Waals surface area contributed by atoms with Crippen LogP contribution < -0.4 is 10.5 Å². The van der Waals surface area contributed by atoms with Gasteiger partial charge in [-0.3, -0.25) is 0 Å². The molecular weight excluding hydrogens is 276 g/mol. The lowest BCUT2D eigenvalue weighted by molar-refractivity contribution is 0.578. The molecule has 20 heavy (non-hydrogen) atoms. The SMILES string of the molecule is Cc1cc(C)c(S(=O)(=O)NCc2ncc[nH]2)c(C)c1N. The molecule has 0 spiro atoms. The fourth-order valence-corrected chi connectivity index (χ4v) is 3.69. The first-order valence-corrected chi connectivity index (χ1v) is 7.65. The molecule has 0 saturated carbocycles. The summed E-state index contributed by atoms with van der Waals surface area (Å²) in [6.45, 7) is 5.46. The fraction of sp³-hybridized carbons (Fsp3) is 0.308. The second kappa shape index (κ2) is 5.26. The third-order valence-corrected chi connectivity index (χ3v) is 4.90. The van der Waals surface area contributed by atoms with Crippen LogP contribution in [-0.4, -0.2) is 18.4 Å². The van der Waals surface area contributed by atoms with Crippen molar-refractivity contribution in [2.24, 2.45) is 0 Å². The number of nitrogens with two attached hydrogens (primary N) is 1. The highest BCUT2D eigenvalue weighted by atomic mass is 32.2. The number of aromatic amines is 1. The van der Waals surface area contributed by atoms with E-state index in [0.717, 1.165) is 5.56 Å². The predicted molar refractivity (Wildman–Crippen MR) is 77.7 cm³/mol. The van der Waals surface area contributed by atoms with E-state index in [1.807, 2.05) is 6.92 Å². The topological polar surface area (TPSA) is 101 Å². The Morgan fingerprint density at radius 2 is 2.00 bits per heavy atom. The van der Waals surface area contributed by atoms with Gasteiger partial charge in [-0.05, 0) is 37.5 Å². The molecule has 0 aliphatic rings. The summed E-state index contributed by atoms with van der Waals surface area (Å²) in [7, 11) is -3.63. The average molecular weight is 294 g/mol. The minimum absolute atomic E-state index is 0.113. The van der Waals surface area contributed by atoms with Crippen molar-refractivity contribution in [1.82, 2.24) is 14.7 Å². The Hall–Kier alpha value is -1.86. The Morgan fingerprint density at radius 1 is 1.30 bits per heavy atom. The van der Waals surface area contributed by atoms with Crippen molar-refractivity contribution in [3.63, 3.8) is 0 Å². The highest BCUT2D eigenvalue weighted by Gasteiger charge is 2.21. The molecular formula is C13H18N4O2S. The monoisotopic (exact) mass is 294 g/mol. The molecule has 1 aromatic carbocycles. The third-order valence-electron chi connectivity index (χ3n) is 3.21. The molecule has 2 rings (SSSR count). The number of imidazole rings is 1. The summed E-state index contributed by atoms with van der Waals surface area (Å²) in [5.41, 5.74) is 8.58. The first-order chi connectivity index (χ1) is 9.33. The zero-order valence-corrected chi connectivity index (χ0v) is 12.5. The van der Waals surface area contributed by atoms with Gasteiger partial charge in [0.15, 0.2) is 0 Å². The fourth-order valence-electron chi connectivity index (χ4n) is 2.23. The summed E-state index contributed by atoms with van der Waals surface area (Å²) in [6.07, 6.45) is 3.22. The van der Waals surface area contributed by atoms with Gasteiger partial charge in [0.2, 0.25) is 10.0 Å². The maximum atomic E-state index is 12.4. The first-order valence-electron chi connectivity index (χ1n) is 6.17. The molecule has 4 N–H and O–H groups in total. The van der Waals surface area contributed by atoms with Crippen molar-refractivity contribution < 1.29 is 8.42 Å². The molecule has 0 saturated heterocycles. The minimum atomic E-state index is -3.63. The Morgan fingerprint density at radius 3 is 2.60 bits per heavy atom. The molecule has 0 amide bonds. The van der Waals surface area contributed by atoms with E-state index in [2.05, 4.69) is 14.7 Å². The van der Waals surface area contributed by atoms with Crippen molar-refractivity contribution in [1.29, 1.82) is 0 Å². The number of nitrogens with zero attached hydrogens (tertiary/aromatic N) is 1. The molecule has 0 atom stereocenters. The number of benzene rings is 1. The number of hydrogen-bond donors (Lipinski definition) is 3. The van der Waals surface area contributed by atoms with Gasteiger partial charge in [-0.1, -0.05) is 6.07 Å². The number of rotatable bonds is 4. The molecule has 0 aliphatic carbocycles.